The molecular weight excluding hydrogens is 102 g/mol. The van der Waals surface area contributed by atoms with Gasteiger partial charge in [0.25, 0.3) is 0 Å². The lowest BCUT2D eigenvalue weighted by Gasteiger charge is -1.81. The summed E-state index contributed by atoms with van der Waals surface area (Å²) < 4.78 is 22.3. The van der Waals surface area contributed by atoms with Gasteiger partial charge in [-0.3, -0.25) is 0 Å². The molecule has 0 saturated heterocycles. The quantitative estimate of drug-likeness (QED) is 0.331. The predicted octanol–water partition coefficient (Wildman–Crippen LogP) is 1.02. The maximum Gasteiger partial charge on any atom is 0.625 e. The van der Waals surface area contributed by atoms with Gasteiger partial charge >= 0.3 is 6.05 Å². The van der Waals surface area contributed by atoms with E-state index in [0.717, 1.165) is 0 Å². The van der Waals surface area contributed by atoms with Crippen molar-refractivity contribution in [3.05, 3.63) is 11.4 Å². The Balaban J connectivity index is 4.00. The van der Waals surface area contributed by atoms with E-state index in [-0.39, 0.29) is 0 Å². The summed E-state index contributed by atoms with van der Waals surface area (Å²) in [4.78, 5) is 1.69. The first-order chi connectivity index (χ1) is 3.12. The maximum absolute atomic E-state index is 11.2. The monoisotopic (exact) mass is 102 g/mol. The number of hydrogen-bond acceptors (Lipinski definition) is 1. The van der Waals surface area contributed by atoms with Crippen LogP contribution in [0, 0.1) is 17.9 Å². The van der Waals surface area contributed by atoms with Gasteiger partial charge in [0.05, 0.1) is 0 Å². The molecule has 0 amide bonds. The zero-order valence-corrected chi connectivity index (χ0v) is 3.15. The molecule has 36 valence electrons. The summed E-state index contributed by atoms with van der Waals surface area (Å²) in [5.74, 6) is 0. The fourth-order valence-corrected chi connectivity index (χ4v) is 0.0250. The highest BCUT2D eigenvalue weighted by atomic mass is 19.3. The Morgan fingerprint density at radius 2 is 2.14 bits per heavy atom. The molecule has 0 spiro atoms. The minimum Gasteiger partial charge on any atom is -0.228 e. The minimum atomic E-state index is -3.82. The summed E-state index contributed by atoms with van der Waals surface area (Å²) in [6.07, 6.45) is 0. The van der Waals surface area contributed by atoms with Gasteiger partial charge in [-0.1, -0.05) is 0 Å². The average Bonchev–Trinajstić information content (AvgIpc) is 1.68. The Bertz CT molecular complexity index is 122. The van der Waals surface area contributed by atoms with Crippen LogP contribution in [0.4, 0.5) is 8.78 Å². The topological polar surface area (TPSA) is 28.1 Å². The van der Waals surface area contributed by atoms with Crippen molar-refractivity contribution in [3.8, 4) is 6.07 Å². The second-order valence-electron chi connectivity index (χ2n) is 0.765. The molecule has 0 radical (unpaired) electrons. The summed E-state index contributed by atoms with van der Waals surface area (Å²) in [6.45, 7) is 5.66. The lowest BCUT2D eigenvalue weighted by Crippen LogP contribution is -2.02. The third kappa shape index (κ3) is 1.67. The van der Waals surface area contributed by atoms with Gasteiger partial charge in [0, 0.05) is 0 Å². The van der Waals surface area contributed by atoms with Crippen LogP contribution in [-0.2, 0) is 0 Å². The van der Waals surface area contributed by atoms with Crippen molar-refractivity contribution in [2.45, 2.75) is 6.05 Å². The first-order valence-electron chi connectivity index (χ1n) is 1.30. The van der Waals surface area contributed by atoms with Gasteiger partial charge in [-0.2, -0.15) is 5.26 Å². The molecule has 0 unspecified atom stereocenters. The summed E-state index contributed by atoms with van der Waals surface area (Å²) in [5.41, 5.74) is 0. The number of rotatable bonds is 0. The van der Waals surface area contributed by atoms with Crippen molar-refractivity contribution in [2.24, 2.45) is 0 Å². The first-order valence-corrected chi connectivity index (χ1v) is 1.30. The molecule has 0 aromatic carbocycles. The summed E-state index contributed by atoms with van der Waals surface area (Å²) in [6, 6.07) is -3.32. The second kappa shape index (κ2) is 1.53. The highest BCUT2D eigenvalue weighted by Gasteiger charge is 2.35. The molecule has 0 bridgehead atoms. The number of alkyl halides is 2. The zero-order valence-electron chi connectivity index (χ0n) is 3.15. The van der Waals surface area contributed by atoms with E-state index < -0.39 is 6.05 Å². The molecule has 0 N–H and O–H groups in total. The lowest BCUT2D eigenvalue weighted by molar-refractivity contribution is 0.117. The third-order valence-corrected chi connectivity index (χ3v) is 0.275. The van der Waals surface area contributed by atoms with Crippen molar-refractivity contribution in [3.63, 3.8) is 0 Å². The Morgan fingerprint density at radius 1 is 1.71 bits per heavy atom. The fraction of sp³-hybridized carbons (Fsp3) is 0.333. The molecule has 0 aliphatic heterocycles. The van der Waals surface area contributed by atoms with Crippen LogP contribution in [0.1, 0.15) is 0 Å². The van der Waals surface area contributed by atoms with Crippen LogP contribution in [0.3, 0.4) is 0 Å². The normalized spacial score (nSPS) is 9.14. The molecule has 0 saturated carbocycles. The number of hydrogen-bond donors (Lipinski definition) is 0. The molecule has 0 aliphatic rings. The maximum atomic E-state index is 11.2. The predicted molar refractivity (Wildman–Crippen MR) is 17.2 cm³/mol. The molecular formula is C3F2N2. The molecule has 2 nitrogen and oxygen atoms in total. The molecule has 0 fully saturated rings. The molecule has 0 aliphatic carbocycles. The smallest absolute Gasteiger partial charge is 0.228 e. The third-order valence-electron chi connectivity index (χ3n) is 0.275. The summed E-state index contributed by atoms with van der Waals surface area (Å²) >= 11 is 0. The van der Waals surface area contributed by atoms with E-state index in [4.69, 9.17) is 11.8 Å². The van der Waals surface area contributed by atoms with Crippen LogP contribution in [-0.4, -0.2) is 6.05 Å². The van der Waals surface area contributed by atoms with Gasteiger partial charge in [0.2, 0.25) is 6.07 Å². The van der Waals surface area contributed by atoms with Gasteiger partial charge in [-0.25, -0.2) is 11.4 Å². The Kier molecular flexibility index (Phi) is 1.27. The van der Waals surface area contributed by atoms with Gasteiger partial charge in [-0.15, -0.1) is 8.78 Å². The van der Waals surface area contributed by atoms with Crippen molar-refractivity contribution in [2.75, 3.05) is 0 Å². The van der Waals surface area contributed by atoms with E-state index in [0.29, 0.717) is 6.07 Å². The van der Waals surface area contributed by atoms with Crippen molar-refractivity contribution in [1.82, 2.24) is 0 Å². The van der Waals surface area contributed by atoms with E-state index >= 15 is 0 Å². The van der Waals surface area contributed by atoms with Crippen LogP contribution >= 0.6 is 0 Å². The highest BCUT2D eigenvalue weighted by molar-refractivity contribution is 4.97. The lowest BCUT2D eigenvalue weighted by atomic mass is 10.7. The first kappa shape index (κ1) is 5.84. The molecule has 0 rings (SSSR count). The van der Waals surface area contributed by atoms with Crippen molar-refractivity contribution >= 4 is 0 Å². The fourth-order valence-electron chi connectivity index (χ4n) is 0.0250. The average molecular weight is 102 g/mol. The van der Waals surface area contributed by atoms with Crippen LogP contribution in [0.2, 0.25) is 0 Å². The second-order valence-corrected chi connectivity index (χ2v) is 0.765. The standard InChI is InChI=1S/C3F2N2/c1-7-3(4,5)2-6. The van der Waals surface area contributed by atoms with E-state index in [1.165, 1.54) is 0 Å². The molecule has 0 aromatic heterocycles. The van der Waals surface area contributed by atoms with Crippen molar-refractivity contribution in [1.29, 1.82) is 5.26 Å². The molecule has 0 atom stereocenters. The van der Waals surface area contributed by atoms with Gasteiger partial charge < -0.3 is 0 Å². The number of nitrogens with zero attached hydrogens (tertiary/aromatic N) is 2. The minimum absolute atomic E-state index is 0.503. The largest absolute Gasteiger partial charge is 0.625 e. The number of nitriles is 1. The molecule has 0 heterocycles. The van der Waals surface area contributed by atoms with Crippen molar-refractivity contribution < 1.29 is 8.78 Å². The van der Waals surface area contributed by atoms with Crippen LogP contribution in [0.15, 0.2) is 0 Å². The van der Waals surface area contributed by atoms with Gasteiger partial charge in [-0.05, 0) is 0 Å². The number of halogens is 2. The SMILES string of the molecule is [C-]#[N+]C(F)(F)C#N. The van der Waals surface area contributed by atoms with E-state index in [1.807, 2.05) is 0 Å². The van der Waals surface area contributed by atoms with Crippen LogP contribution in [0.25, 0.3) is 4.85 Å². The molecule has 4 heteroatoms. The summed E-state index contributed by atoms with van der Waals surface area (Å²) in [7, 11) is 0. The molecule has 7 heavy (non-hydrogen) atoms. The van der Waals surface area contributed by atoms with E-state index in [2.05, 4.69) is 0 Å². The van der Waals surface area contributed by atoms with Crippen LogP contribution < -0.4 is 0 Å². The molecule has 0 aromatic rings. The van der Waals surface area contributed by atoms with Gasteiger partial charge in [0.15, 0.2) is 0 Å². The van der Waals surface area contributed by atoms with E-state index in [9.17, 15) is 8.78 Å². The Hall–Kier alpha value is -1.16. The van der Waals surface area contributed by atoms with E-state index in [1.54, 1.807) is 4.85 Å². The zero-order chi connectivity index (χ0) is 5.91. The Labute approximate surface area is 38.8 Å². The highest BCUT2D eigenvalue weighted by Crippen LogP contribution is 2.11. The van der Waals surface area contributed by atoms with Crippen LogP contribution in [0.5, 0.6) is 0 Å². The van der Waals surface area contributed by atoms with Gasteiger partial charge in [0.1, 0.15) is 0 Å². The summed E-state index contributed by atoms with van der Waals surface area (Å²) in [5, 5.41) is 7.38. The Morgan fingerprint density at radius 3 is 2.14 bits per heavy atom.